The Bertz CT molecular complexity index is 237. The molecule has 8 nitrogen and oxygen atoms in total. The molecule has 0 radical (unpaired) electrons. The third-order valence-electron chi connectivity index (χ3n) is 1.29. The summed E-state index contributed by atoms with van der Waals surface area (Å²) in [6.45, 7) is 0. The van der Waals surface area contributed by atoms with Crippen LogP contribution in [0.3, 0.4) is 0 Å². The Morgan fingerprint density at radius 1 is 0.875 bits per heavy atom. The Kier molecular flexibility index (Phi) is 14.7. The van der Waals surface area contributed by atoms with Crippen LogP contribution in [-0.4, -0.2) is 49.4 Å². The Morgan fingerprint density at radius 3 is 1.25 bits per heavy atom. The van der Waals surface area contributed by atoms with Crippen molar-refractivity contribution in [3.8, 4) is 0 Å². The van der Waals surface area contributed by atoms with Crippen molar-refractivity contribution in [2.24, 2.45) is 0 Å². The number of carbonyl (C=O) groups is 3. The van der Waals surface area contributed by atoms with Crippen molar-refractivity contribution in [2.75, 3.05) is 0 Å². The molecule has 0 fully saturated rings. The number of carboxylic acid groups (broad SMARTS) is 3. The molecule has 98 valence electrons. The molecule has 0 aromatic rings. The van der Waals surface area contributed by atoms with Gasteiger partial charge in [0.05, 0.1) is 12.8 Å². The molecule has 0 aliphatic rings. The Balaban J connectivity index is -0.000000240. The second kappa shape index (κ2) is 9.58. The summed E-state index contributed by atoms with van der Waals surface area (Å²) in [6, 6.07) is 0. The van der Waals surface area contributed by atoms with Gasteiger partial charge in [0.15, 0.2) is 5.60 Å². The van der Waals surface area contributed by atoms with Gasteiger partial charge in [-0.15, -0.1) is 0 Å². The van der Waals surface area contributed by atoms with E-state index < -0.39 is 36.4 Å². The molecule has 0 amide bonds. The van der Waals surface area contributed by atoms with E-state index in [1.165, 1.54) is 0 Å². The van der Waals surface area contributed by atoms with Gasteiger partial charge in [0.1, 0.15) is 0 Å². The van der Waals surface area contributed by atoms with Crippen LogP contribution >= 0.6 is 0 Å². The Labute approximate surface area is 111 Å². The first-order valence-corrected chi connectivity index (χ1v) is 3.17. The summed E-state index contributed by atoms with van der Waals surface area (Å²) in [7, 11) is 0. The molecule has 0 saturated carbocycles. The van der Waals surface area contributed by atoms with Crippen LogP contribution in [0.25, 0.3) is 0 Å². The molecule has 0 spiro atoms. The smallest absolute Gasteiger partial charge is 0.336 e. The van der Waals surface area contributed by atoms with Gasteiger partial charge in [-0.05, 0) is 0 Å². The minimum Gasteiger partial charge on any atom is -0.481 e. The van der Waals surface area contributed by atoms with E-state index in [-0.39, 0.29) is 39.6 Å². The molecule has 16 heavy (non-hydrogen) atoms. The SMILES string of the molecule is O.O=C(O)CC(O)(CC(=O)O)C(=O)O.[Fe].[Fe]. The van der Waals surface area contributed by atoms with Crippen LogP contribution in [0.5, 0.6) is 0 Å². The third-order valence-corrected chi connectivity index (χ3v) is 1.29. The van der Waals surface area contributed by atoms with Crippen LogP contribution in [-0.2, 0) is 48.5 Å². The molecule has 0 unspecified atom stereocenters. The minimum atomic E-state index is -2.74. The van der Waals surface area contributed by atoms with Crippen molar-refractivity contribution in [2.45, 2.75) is 18.4 Å². The number of carboxylic acids is 3. The number of aliphatic carboxylic acids is 3. The zero-order valence-corrected chi connectivity index (χ0v) is 9.84. The van der Waals surface area contributed by atoms with Crippen LogP contribution < -0.4 is 0 Å². The van der Waals surface area contributed by atoms with Gasteiger partial charge in [-0.2, -0.15) is 0 Å². The van der Waals surface area contributed by atoms with Crippen LogP contribution in [0.15, 0.2) is 0 Å². The molecule has 0 aliphatic heterocycles. The number of hydrogen-bond acceptors (Lipinski definition) is 4. The van der Waals surface area contributed by atoms with Crippen molar-refractivity contribution in [1.29, 1.82) is 0 Å². The van der Waals surface area contributed by atoms with Gasteiger partial charge in [-0.1, -0.05) is 0 Å². The summed E-state index contributed by atoms with van der Waals surface area (Å²) in [6.07, 6.45) is -2.29. The molecule has 0 aromatic heterocycles. The fourth-order valence-electron chi connectivity index (χ4n) is 0.714. The van der Waals surface area contributed by atoms with E-state index in [0.29, 0.717) is 0 Å². The van der Waals surface area contributed by atoms with Gasteiger partial charge < -0.3 is 25.9 Å². The van der Waals surface area contributed by atoms with Gasteiger partial charge in [0.2, 0.25) is 0 Å². The zero-order chi connectivity index (χ0) is 10.6. The number of hydrogen-bond donors (Lipinski definition) is 4. The van der Waals surface area contributed by atoms with Crippen molar-refractivity contribution < 1.29 is 74.4 Å². The average molecular weight is 322 g/mol. The zero-order valence-electron chi connectivity index (χ0n) is 7.63. The maximum absolute atomic E-state index is 10.3. The van der Waals surface area contributed by atoms with Crippen LogP contribution in [0, 0.1) is 0 Å². The Hall–Kier alpha value is -0.631. The average Bonchev–Trinajstić information content (AvgIpc) is 1.82. The molecule has 0 rings (SSSR count). The van der Waals surface area contributed by atoms with Crippen LogP contribution in [0.4, 0.5) is 0 Å². The van der Waals surface area contributed by atoms with E-state index in [4.69, 9.17) is 20.4 Å². The largest absolute Gasteiger partial charge is 0.481 e. The van der Waals surface area contributed by atoms with Crippen molar-refractivity contribution in [3.05, 3.63) is 0 Å². The second-order valence-corrected chi connectivity index (χ2v) is 2.48. The van der Waals surface area contributed by atoms with Gasteiger partial charge in [-0.3, -0.25) is 9.59 Å². The normalized spacial score (nSPS) is 8.81. The summed E-state index contributed by atoms with van der Waals surface area (Å²) in [5.41, 5.74) is -2.74. The van der Waals surface area contributed by atoms with Crippen LogP contribution in [0.2, 0.25) is 0 Å². The predicted octanol–water partition coefficient (Wildman–Crippen LogP) is -2.08. The quantitative estimate of drug-likeness (QED) is 0.422. The minimum absolute atomic E-state index is 0. The first-order valence-electron chi connectivity index (χ1n) is 3.17. The van der Waals surface area contributed by atoms with E-state index >= 15 is 0 Å². The van der Waals surface area contributed by atoms with E-state index in [1.54, 1.807) is 0 Å². The van der Waals surface area contributed by atoms with Gasteiger partial charge in [-0.25, -0.2) is 4.79 Å². The molecule has 0 saturated heterocycles. The van der Waals surface area contributed by atoms with Gasteiger partial charge in [0, 0.05) is 34.1 Å². The molecule has 0 heterocycles. The number of aliphatic hydroxyl groups is 1. The molecular weight excluding hydrogens is 312 g/mol. The standard InChI is InChI=1S/C6H8O7.2Fe.H2O/c7-3(8)1-6(13,5(11)12)2-4(9)10;;;/h13H,1-2H2,(H,7,8)(H,9,10)(H,11,12);;;1H2. The van der Waals surface area contributed by atoms with E-state index in [1.807, 2.05) is 0 Å². The van der Waals surface area contributed by atoms with E-state index in [0.717, 1.165) is 0 Å². The molecule has 6 N–H and O–H groups in total. The maximum Gasteiger partial charge on any atom is 0.336 e. The van der Waals surface area contributed by atoms with Gasteiger partial charge in [0.25, 0.3) is 0 Å². The predicted molar refractivity (Wildman–Crippen MR) is 40.7 cm³/mol. The van der Waals surface area contributed by atoms with E-state index in [2.05, 4.69) is 0 Å². The second-order valence-electron chi connectivity index (χ2n) is 2.48. The van der Waals surface area contributed by atoms with Crippen molar-refractivity contribution in [1.82, 2.24) is 0 Å². The molecular formula is C6H10Fe2O8. The van der Waals surface area contributed by atoms with Crippen LogP contribution in [0.1, 0.15) is 12.8 Å². The maximum atomic E-state index is 10.3. The van der Waals surface area contributed by atoms with Gasteiger partial charge >= 0.3 is 17.9 Å². The fourth-order valence-corrected chi connectivity index (χ4v) is 0.714. The summed E-state index contributed by atoms with van der Waals surface area (Å²) in [5, 5.41) is 33.8. The fraction of sp³-hybridized carbons (Fsp3) is 0.500. The van der Waals surface area contributed by atoms with Crippen molar-refractivity contribution in [3.63, 3.8) is 0 Å². The third kappa shape index (κ3) is 8.66. The Morgan fingerprint density at radius 2 is 1.12 bits per heavy atom. The van der Waals surface area contributed by atoms with E-state index in [9.17, 15) is 14.4 Å². The molecule has 0 aromatic carbocycles. The first-order chi connectivity index (χ1) is 5.78. The summed E-state index contributed by atoms with van der Waals surface area (Å²) in [5.74, 6) is -5.02. The molecule has 0 aliphatic carbocycles. The molecule has 0 bridgehead atoms. The summed E-state index contributed by atoms with van der Waals surface area (Å²) in [4.78, 5) is 30.5. The summed E-state index contributed by atoms with van der Waals surface area (Å²) < 4.78 is 0. The molecule has 0 atom stereocenters. The van der Waals surface area contributed by atoms with Crippen molar-refractivity contribution >= 4 is 17.9 Å². The number of rotatable bonds is 5. The first kappa shape index (κ1) is 24.6. The topological polar surface area (TPSA) is 164 Å². The monoisotopic (exact) mass is 322 g/mol. The summed E-state index contributed by atoms with van der Waals surface area (Å²) >= 11 is 0. The molecule has 10 heteroatoms.